The first-order valence-electron chi connectivity index (χ1n) is 9.30. The maximum absolute atomic E-state index is 10.0. The van der Waals surface area contributed by atoms with Crippen molar-refractivity contribution >= 4 is 8.60 Å². The van der Waals surface area contributed by atoms with Gasteiger partial charge < -0.3 is 13.9 Å². The fourth-order valence-corrected chi connectivity index (χ4v) is 3.33. The maximum atomic E-state index is 10.0. The number of benzene rings is 1. The molecule has 0 aliphatic heterocycles. The topological polar surface area (TPSA) is 38.7 Å². The molecule has 0 saturated heterocycles. The zero-order valence-electron chi connectivity index (χ0n) is 15.9. The highest BCUT2D eigenvalue weighted by molar-refractivity contribution is 7.41. The molecule has 1 rings (SSSR count). The summed E-state index contributed by atoms with van der Waals surface area (Å²) in [6.07, 6.45) is 10.1. The Morgan fingerprint density at radius 3 is 2.25 bits per heavy atom. The second-order valence-corrected chi connectivity index (χ2v) is 8.56. The molecule has 0 spiro atoms. The Balaban J connectivity index is 2.36. The molecular formula is C20H35O3P. The van der Waals surface area contributed by atoms with Gasteiger partial charge in [0.15, 0.2) is 0 Å². The van der Waals surface area contributed by atoms with Crippen LogP contribution in [0.2, 0.25) is 0 Å². The highest BCUT2D eigenvalue weighted by Crippen LogP contribution is 2.38. The van der Waals surface area contributed by atoms with E-state index in [0.29, 0.717) is 6.61 Å². The van der Waals surface area contributed by atoms with E-state index in [9.17, 15) is 4.89 Å². The van der Waals surface area contributed by atoms with E-state index < -0.39 is 8.60 Å². The Morgan fingerprint density at radius 1 is 0.958 bits per heavy atom. The van der Waals surface area contributed by atoms with E-state index in [1.54, 1.807) is 0 Å². The first-order chi connectivity index (χ1) is 11.4. The zero-order valence-corrected chi connectivity index (χ0v) is 16.8. The van der Waals surface area contributed by atoms with Crippen LogP contribution in [0.5, 0.6) is 5.75 Å². The van der Waals surface area contributed by atoms with E-state index in [0.717, 1.165) is 17.7 Å². The van der Waals surface area contributed by atoms with Crippen molar-refractivity contribution in [1.29, 1.82) is 0 Å². The number of hydrogen-bond donors (Lipinski definition) is 1. The lowest BCUT2D eigenvalue weighted by atomic mass is 9.99. The second kappa shape index (κ2) is 11.8. The van der Waals surface area contributed by atoms with Crippen LogP contribution in [0.15, 0.2) is 24.3 Å². The Morgan fingerprint density at radius 2 is 1.58 bits per heavy atom. The summed E-state index contributed by atoms with van der Waals surface area (Å²) >= 11 is 0. The van der Waals surface area contributed by atoms with Crippen LogP contribution in [0.1, 0.15) is 78.2 Å². The number of hydrogen-bond acceptors (Lipinski definition) is 3. The van der Waals surface area contributed by atoms with Crippen molar-refractivity contribution in [3.63, 3.8) is 0 Å². The average Bonchev–Trinajstić information content (AvgIpc) is 2.53. The molecule has 0 heterocycles. The van der Waals surface area contributed by atoms with Gasteiger partial charge in [-0.1, -0.05) is 84.4 Å². The van der Waals surface area contributed by atoms with Crippen molar-refractivity contribution in [2.75, 3.05) is 6.61 Å². The summed E-state index contributed by atoms with van der Waals surface area (Å²) in [5.74, 6) is 0.756. The molecule has 1 N–H and O–H groups in total. The summed E-state index contributed by atoms with van der Waals surface area (Å²) in [6, 6.07) is 7.97. The van der Waals surface area contributed by atoms with E-state index in [-0.39, 0.29) is 5.41 Å². The molecule has 3 nitrogen and oxygen atoms in total. The average molecular weight is 354 g/mol. The molecule has 0 aliphatic rings. The van der Waals surface area contributed by atoms with Crippen LogP contribution >= 0.6 is 8.60 Å². The lowest BCUT2D eigenvalue weighted by Crippen LogP contribution is -2.13. The van der Waals surface area contributed by atoms with Crippen LogP contribution in [0.25, 0.3) is 0 Å². The van der Waals surface area contributed by atoms with Crippen molar-refractivity contribution in [3.8, 4) is 5.75 Å². The monoisotopic (exact) mass is 354 g/mol. The fraction of sp³-hybridized carbons (Fsp3) is 0.700. The maximum Gasteiger partial charge on any atom is 0.394 e. The van der Waals surface area contributed by atoms with Gasteiger partial charge >= 0.3 is 8.60 Å². The van der Waals surface area contributed by atoms with E-state index in [1.807, 2.05) is 18.2 Å². The van der Waals surface area contributed by atoms with Gasteiger partial charge in [-0.25, -0.2) is 0 Å². The molecule has 138 valence electrons. The molecule has 1 unspecified atom stereocenters. The molecule has 0 aromatic heterocycles. The summed E-state index contributed by atoms with van der Waals surface area (Å²) in [4.78, 5) is 10.0. The highest BCUT2D eigenvalue weighted by Gasteiger charge is 2.17. The summed E-state index contributed by atoms with van der Waals surface area (Å²) in [6.45, 7) is 8.95. The lowest BCUT2D eigenvalue weighted by Gasteiger charge is -2.20. The second-order valence-electron chi connectivity index (χ2n) is 7.64. The van der Waals surface area contributed by atoms with E-state index >= 15 is 0 Å². The van der Waals surface area contributed by atoms with Gasteiger partial charge in [-0.2, -0.15) is 0 Å². The van der Waals surface area contributed by atoms with Crippen molar-refractivity contribution in [2.45, 2.75) is 79.1 Å². The van der Waals surface area contributed by atoms with Crippen LogP contribution in [0.3, 0.4) is 0 Å². The quantitative estimate of drug-likeness (QED) is 0.338. The Kier molecular flexibility index (Phi) is 10.6. The van der Waals surface area contributed by atoms with Crippen LogP contribution in [-0.2, 0) is 10.9 Å². The summed E-state index contributed by atoms with van der Waals surface area (Å²) in [5.41, 5.74) is 1.18. The highest BCUT2D eigenvalue weighted by atomic mass is 31.2. The minimum Gasteiger partial charge on any atom is -0.427 e. The number of para-hydroxylation sites is 1. The van der Waals surface area contributed by atoms with E-state index in [4.69, 9.17) is 9.05 Å². The largest absolute Gasteiger partial charge is 0.427 e. The third-order valence-corrected chi connectivity index (χ3v) is 4.51. The minimum atomic E-state index is -1.87. The predicted octanol–water partition coefficient (Wildman–Crippen LogP) is 6.64. The van der Waals surface area contributed by atoms with Gasteiger partial charge in [-0.15, -0.1) is 0 Å². The standard InChI is InChI=1S/C20H35O3P/c1-5-6-7-8-9-10-11-14-18-15-12-13-16-19(18)23-24(21)22-17-20(2,3)4/h12-13,15-16,21H,5-11,14,17H2,1-4H3. The molecule has 0 aliphatic carbocycles. The predicted molar refractivity (Wildman–Crippen MR) is 103 cm³/mol. The van der Waals surface area contributed by atoms with Gasteiger partial charge in [0.05, 0.1) is 6.61 Å². The summed E-state index contributed by atoms with van der Waals surface area (Å²) in [5, 5.41) is 0. The summed E-state index contributed by atoms with van der Waals surface area (Å²) < 4.78 is 11.1. The van der Waals surface area contributed by atoms with Crippen molar-refractivity contribution in [1.82, 2.24) is 0 Å². The van der Waals surface area contributed by atoms with Crippen molar-refractivity contribution < 1.29 is 13.9 Å². The molecule has 24 heavy (non-hydrogen) atoms. The smallest absolute Gasteiger partial charge is 0.394 e. The van der Waals surface area contributed by atoms with Crippen LogP contribution in [-0.4, -0.2) is 11.5 Å². The molecule has 4 heteroatoms. The van der Waals surface area contributed by atoms with Crippen molar-refractivity contribution in [2.24, 2.45) is 5.41 Å². The van der Waals surface area contributed by atoms with Gasteiger partial charge in [-0.05, 0) is 29.9 Å². The van der Waals surface area contributed by atoms with Crippen LogP contribution in [0, 0.1) is 5.41 Å². The molecule has 0 fully saturated rings. The molecule has 1 aromatic carbocycles. The van der Waals surface area contributed by atoms with Gasteiger partial charge in [0, 0.05) is 0 Å². The van der Waals surface area contributed by atoms with Gasteiger partial charge in [0.1, 0.15) is 5.75 Å². The SMILES string of the molecule is CCCCCCCCCc1ccccc1OP(O)OCC(C)(C)C. The Labute approximate surface area is 149 Å². The zero-order chi connectivity index (χ0) is 17.8. The Bertz CT molecular complexity index is 443. The lowest BCUT2D eigenvalue weighted by molar-refractivity contribution is 0.175. The molecule has 0 radical (unpaired) electrons. The molecule has 1 aromatic rings. The van der Waals surface area contributed by atoms with Gasteiger partial charge in [-0.3, -0.25) is 0 Å². The first kappa shape index (κ1) is 21.4. The first-order valence-corrected chi connectivity index (χ1v) is 10.4. The molecule has 0 amide bonds. The number of unbranched alkanes of at least 4 members (excludes halogenated alkanes) is 6. The van der Waals surface area contributed by atoms with Gasteiger partial charge in [0.2, 0.25) is 0 Å². The summed E-state index contributed by atoms with van der Waals surface area (Å²) in [7, 11) is -1.87. The van der Waals surface area contributed by atoms with Crippen LogP contribution in [0.4, 0.5) is 0 Å². The third kappa shape index (κ3) is 10.3. The van der Waals surface area contributed by atoms with Crippen molar-refractivity contribution in [3.05, 3.63) is 29.8 Å². The number of rotatable bonds is 12. The van der Waals surface area contributed by atoms with Crippen LogP contribution < -0.4 is 4.52 Å². The normalized spacial score (nSPS) is 13.0. The fourth-order valence-electron chi connectivity index (χ4n) is 2.43. The molecule has 0 saturated carbocycles. The third-order valence-electron chi connectivity index (χ3n) is 3.81. The Hall–Kier alpha value is -0.630. The molecular weight excluding hydrogens is 319 g/mol. The minimum absolute atomic E-state index is 0.0178. The van der Waals surface area contributed by atoms with E-state index in [1.165, 1.54) is 44.9 Å². The molecule has 1 atom stereocenters. The molecule has 0 bridgehead atoms. The van der Waals surface area contributed by atoms with E-state index in [2.05, 4.69) is 33.8 Å². The number of aryl methyl sites for hydroxylation is 1. The van der Waals surface area contributed by atoms with Gasteiger partial charge in [0.25, 0.3) is 0 Å².